The van der Waals surface area contributed by atoms with Crippen molar-refractivity contribution in [1.29, 1.82) is 0 Å². The summed E-state index contributed by atoms with van der Waals surface area (Å²) in [6.07, 6.45) is 0.975. The molecule has 1 rings (SSSR count). The van der Waals surface area contributed by atoms with Crippen LogP contribution in [0.1, 0.15) is 29.2 Å². The van der Waals surface area contributed by atoms with E-state index in [0.29, 0.717) is 19.3 Å². The summed E-state index contributed by atoms with van der Waals surface area (Å²) in [5.74, 6) is 0. The van der Waals surface area contributed by atoms with Crippen molar-refractivity contribution >= 4 is 0 Å². The predicted octanol–water partition coefficient (Wildman–Crippen LogP) is 2.62. The fourth-order valence-corrected chi connectivity index (χ4v) is 2.13. The molecular weight excluding hydrogens is 226 g/mol. The lowest BCUT2D eigenvalue weighted by molar-refractivity contribution is 0.0661. The van der Waals surface area contributed by atoms with Gasteiger partial charge >= 0.3 is 0 Å². The van der Waals surface area contributed by atoms with Gasteiger partial charge in [-0.15, -0.1) is 0 Å². The molecule has 0 bridgehead atoms. The first-order chi connectivity index (χ1) is 8.67. The van der Waals surface area contributed by atoms with Gasteiger partial charge in [-0.05, 0) is 32.9 Å². The Hall–Kier alpha value is -0.900. The van der Waals surface area contributed by atoms with Crippen molar-refractivity contribution in [2.75, 3.05) is 34.0 Å². The minimum Gasteiger partial charge on any atom is -0.382 e. The third-order valence-corrected chi connectivity index (χ3v) is 2.98. The number of methoxy groups -OCH3 is 1. The lowest BCUT2D eigenvalue weighted by Gasteiger charge is -2.18. The van der Waals surface area contributed by atoms with E-state index >= 15 is 0 Å². The first-order valence-corrected chi connectivity index (χ1v) is 6.49. The van der Waals surface area contributed by atoms with Crippen molar-refractivity contribution in [3.63, 3.8) is 0 Å². The second-order valence-corrected chi connectivity index (χ2v) is 4.66. The van der Waals surface area contributed by atoms with Gasteiger partial charge in [-0.3, -0.25) is 0 Å². The highest BCUT2D eigenvalue weighted by Crippen LogP contribution is 2.19. The number of rotatable bonds is 8. The molecule has 0 aliphatic heterocycles. The van der Waals surface area contributed by atoms with Gasteiger partial charge < -0.3 is 14.8 Å². The molecule has 0 aromatic heterocycles. The van der Waals surface area contributed by atoms with Crippen LogP contribution in [0.5, 0.6) is 0 Å². The van der Waals surface area contributed by atoms with Crippen LogP contribution in [0.3, 0.4) is 0 Å². The van der Waals surface area contributed by atoms with E-state index in [9.17, 15) is 0 Å². The zero-order valence-corrected chi connectivity index (χ0v) is 12.0. The standard InChI is InChI=1S/C15H25NO2/c1-12-9-13(2)11-14(10-12)15(16-3)5-6-18-8-7-17-4/h9-11,15-16H,5-8H2,1-4H3. The second-order valence-electron chi connectivity index (χ2n) is 4.66. The molecule has 102 valence electrons. The molecule has 0 spiro atoms. The fraction of sp³-hybridized carbons (Fsp3) is 0.600. The summed E-state index contributed by atoms with van der Waals surface area (Å²) in [5, 5.41) is 3.35. The number of ether oxygens (including phenoxy) is 2. The summed E-state index contributed by atoms with van der Waals surface area (Å²) < 4.78 is 10.5. The molecule has 0 radical (unpaired) electrons. The fourth-order valence-electron chi connectivity index (χ4n) is 2.13. The molecule has 0 aliphatic rings. The summed E-state index contributed by atoms with van der Waals surface area (Å²) >= 11 is 0. The van der Waals surface area contributed by atoms with Crippen LogP contribution in [0.25, 0.3) is 0 Å². The van der Waals surface area contributed by atoms with Gasteiger partial charge in [0.2, 0.25) is 0 Å². The molecule has 3 heteroatoms. The molecule has 0 heterocycles. The maximum absolute atomic E-state index is 5.52. The zero-order chi connectivity index (χ0) is 13.4. The lowest BCUT2D eigenvalue weighted by Crippen LogP contribution is -2.19. The van der Waals surface area contributed by atoms with E-state index in [1.165, 1.54) is 16.7 Å². The highest BCUT2D eigenvalue weighted by Gasteiger charge is 2.09. The van der Waals surface area contributed by atoms with Crippen LogP contribution in [0.4, 0.5) is 0 Å². The van der Waals surface area contributed by atoms with Crippen molar-refractivity contribution < 1.29 is 9.47 Å². The van der Waals surface area contributed by atoms with Crippen molar-refractivity contribution in [2.45, 2.75) is 26.3 Å². The maximum atomic E-state index is 5.52. The van der Waals surface area contributed by atoms with Gasteiger partial charge in [0.05, 0.1) is 13.2 Å². The molecule has 1 aromatic rings. The van der Waals surface area contributed by atoms with Crippen LogP contribution in [0.15, 0.2) is 18.2 Å². The number of hydrogen-bond donors (Lipinski definition) is 1. The van der Waals surface area contributed by atoms with Crippen molar-refractivity contribution in [1.82, 2.24) is 5.32 Å². The molecule has 1 N–H and O–H groups in total. The summed E-state index contributed by atoms with van der Waals surface area (Å²) in [5.41, 5.74) is 3.96. The number of nitrogens with one attached hydrogen (secondary N) is 1. The summed E-state index contributed by atoms with van der Waals surface area (Å²) in [7, 11) is 3.69. The van der Waals surface area contributed by atoms with E-state index in [4.69, 9.17) is 9.47 Å². The number of hydrogen-bond acceptors (Lipinski definition) is 3. The van der Waals surface area contributed by atoms with Gasteiger partial charge in [-0.25, -0.2) is 0 Å². The summed E-state index contributed by atoms with van der Waals surface area (Å²) in [6, 6.07) is 7.03. The third kappa shape index (κ3) is 5.17. The molecule has 1 unspecified atom stereocenters. The van der Waals surface area contributed by atoms with Crippen LogP contribution in [-0.2, 0) is 9.47 Å². The molecule has 18 heavy (non-hydrogen) atoms. The highest BCUT2D eigenvalue weighted by atomic mass is 16.5. The van der Waals surface area contributed by atoms with E-state index in [2.05, 4.69) is 37.4 Å². The first kappa shape index (κ1) is 15.2. The van der Waals surface area contributed by atoms with Gasteiger partial charge in [0.15, 0.2) is 0 Å². The van der Waals surface area contributed by atoms with Gasteiger partial charge in [-0.2, -0.15) is 0 Å². The quantitative estimate of drug-likeness (QED) is 0.720. The molecule has 0 fully saturated rings. The Kier molecular flexibility index (Phi) is 6.94. The van der Waals surface area contributed by atoms with Gasteiger partial charge in [0.1, 0.15) is 0 Å². The number of aryl methyl sites for hydroxylation is 2. The van der Waals surface area contributed by atoms with Crippen LogP contribution in [0.2, 0.25) is 0 Å². The topological polar surface area (TPSA) is 30.5 Å². The SMILES string of the molecule is CNC(CCOCCOC)c1cc(C)cc(C)c1. The molecular formula is C15H25NO2. The Labute approximate surface area is 110 Å². The van der Waals surface area contributed by atoms with Gasteiger partial charge in [0, 0.05) is 19.8 Å². The normalized spacial score (nSPS) is 12.7. The molecule has 3 nitrogen and oxygen atoms in total. The third-order valence-electron chi connectivity index (χ3n) is 2.98. The van der Waals surface area contributed by atoms with Crippen LogP contribution < -0.4 is 5.32 Å². The minimum atomic E-state index is 0.353. The smallest absolute Gasteiger partial charge is 0.0700 e. The second kappa shape index (κ2) is 8.25. The van der Waals surface area contributed by atoms with Crippen LogP contribution in [0, 0.1) is 13.8 Å². The Morgan fingerprint density at radius 1 is 1.06 bits per heavy atom. The van der Waals surface area contributed by atoms with E-state index in [0.717, 1.165) is 13.0 Å². The van der Waals surface area contributed by atoms with E-state index < -0.39 is 0 Å². The van der Waals surface area contributed by atoms with Gasteiger partial charge in [-0.1, -0.05) is 29.3 Å². The molecule has 1 atom stereocenters. The van der Waals surface area contributed by atoms with Gasteiger partial charge in [0.25, 0.3) is 0 Å². The minimum absolute atomic E-state index is 0.353. The van der Waals surface area contributed by atoms with Crippen molar-refractivity contribution in [3.05, 3.63) is 34.9 Å². The van der Waals surface area contributed by atoms with Crippen molar-refractivity contribution in [2.24, 2.45) is 0 Å². The lowest BCUT2D eigenvalue weighted by atomic mass is 9.99. The van der Waals surface area contributed by atoms with E-state index in [-0.39, 0.29) is 0 Å². The van der Waals surface area contributed by atoms with Crippen molar-refractivity contribution in [3.8, 4) is 0 Å². The monoisotopic (exact) mass is 251 g/mol. The average Bonchev–Trinajstić information content (AvgIpc) is 2.32. The van der Waals surface area contributed by atoms with Crippen LogP contribution in [-0.4, -0.2) is 34.0 Å². The Bertz CT molecular complexity index is 332. The Morgan fingerprint density at radius 2 is 1.72 bits per heavy atom. The zero-order valence-electron chi connectivity index (χ0n) is 12.0. The number of benzene rings is 1. The highest BCUT2D eigenvalue weighted by molar-refractivity contribution is 5.30. The molecule has 1 aromatic carbocycles. The van der Waals surface area contributed by atoms with E-state index in [1.807, 2.05) is 7.05 Å². The molecule has 0 aliphatic carbocycles. The van der Waals surface area contributed by atoms with E-state index in [1.54, 1.807) is 7.11 Å². The maximum Gasteiger partial charge on any atom is 0.0700 e. The molecule has 0 saturated heterocycles. The Balaban J connectivity index is 2.49. The first-order valence-electron chi connectivity index (χ1n) is 6.49. The van der Waals surface area contributed by atoms with Crippen LogP contribution >= 0.6 is 0 Å². The summed E-state index contributed by atoms with van der Waals surface area (Å²) in [4.78, 5) is 0. The Morgan fingerprint density at radius 3 is 2.28 bits per heavy atom. The predicted molar refractivity (Wildman–Crippen MR) is 75.0 cm³/mol. The molecule has 0 saturated carbocycles. The molecule has 0 amide bonds. The average molecular weight is 251 g/mol. The summed E-state index contributed by atoms with van der Waals surface area (Å²) in [6.45, 7) is 6.35. The largest absolute Gasteiger partial charge is 0.382 e.